The van der Waals surface area contributed by atoms with Gasteiger partial charge in [-0.25, -0.2) is 21.9 Å². The number of nitrogens with zero attached hydrogens (tertiary/aromatic N) is 3. The normalized spacial score (nSPS) is 20.1. The number of benzene rings is 2. The lowest BCUT2D eigenvalue weighted by molar-refractivity contribution is 0.190. The third kappa shape index (κ3) is 2.95. The predicted molar refractivity (Wildman–Crippen MR) is 105 cm³/mol. The summed E-state index contributed by atoms with van der Waals surface area (Å²) in [5.41, 5.74) is 1.70. The van der Waals surface area contributed by atoms with E-state index in [1.54, 1.807) is 12.1 Å². The van der Waals surface area contributed by atoms with Crippen molar-refractivity contribution in [2.24, 2.45) is 5.41 Å². The molecule has 2 aliphatic rings. The number of halogens is 2. The Balaban J connectivity index is 1.37. The molecule has 1 spiro atoms. The molecule has 0 bridgehead atoms. The van der Waals surface area contributed by atoms with Gasteiger partial charge in [0.05, 0.1) is 23.4 Å². The van der Waals surface area contributed by atoms with Crippen LogP contribution in [0.5, 0.6) is 5.75 Å². The van der Waals surface area contributed by atoms with Gasteiger partial charge in [-0.15, -0.1) is 0 Å². The van der Waals surface area contributed by atoms with Gasteiger partial charge in [0.25, 0.3) is 0 Å². The van der Waals surface area contributed by atoms with E-state index >= 15 is 0 Å². The van der Waals surface area contributed by atoms with Crippen molar-refractivity contribution < 1.29 is 22.3 Å². The lowest BCUT2D eigenvalue weighted by atomic mass is 9.74. The van der Waals surface area contributed by atoms with Gasteiger partial charge in [-0.3, -0.25) is 0 Å². The summed E-state index contributed by atoms with van der Waals surface area (Å²) >= 11 is 0. The van der Waals surface area contributed by atoms with Crippen LogP contribution in [0.2, 0.25) is 0 Å². The molecule has 9 heteroatoms. The molecule has 0 radical (unpaired) electrons. The summed E-state index contributed by atoms with van der Waals surface area (Å²) in [6.45, 7) is 1.66. The largest absolute Gasteiger partial charge is 0.503 e. The number of aromatic hydroxyl groups is 1. The molecule has 3 heterocycles. The highest BCUT2D eigenvalue weighted by Crippen LogP contribution is 2.43. The van der Waals surface area contributed by atoms with Crippen LogP contribution >= 0.6 is 0 Å². The molecule has 2 saturated heterocycles. The van der Waals surface area contributed by atoms with E-state index in [1.165, 1.54) is 10.9 Å². The molecule has 1 N–H and O–H groups in total. The van der Waals surface area contributed by atoms with E-state index in [9.17, 15) is 22.3 Å². The second-order valence-corrected chi connectivity index (χ2v) is 10.3. The third-order valence-electron chi connectivity index (χ3n) is 6.12. The smallest absolute Gasteiger partial charge is 0.194 e. The second-order valence-electron chi connectivity index (χ2n) is 8.04. The molecule has 0 saturated carbocycles. The van der Waals surface area contributed by atoms with Crippen LogP contribution in [0.1, 0.15) is 12.8 Å². The average molecular weight is 419 g/mol. The van der Waals surface area contributed by atoms with Gasteiger partial charge in [-0.05, 0) is 43.2 Å². The molecule has 2 fully saturated rings. The third-order valence-corrected chi connectivity index (χ3v) is 7.77. The first-order chi connectivity index (χ1) is 13.8. The van der Waals surface area contributed by atoms with Crippen LogP contribution in [0, 0.1) is 17.0 Å². The summed E-state index contributed by atoms with van der Waals surface area (Å²) in [5.74, 6) is -2.54. The van der Waals surface area contributed by atoms with Crippen molar-refractivity contribution in [1.29, 1.82) is 0 Å². The molecular weight excluding hydrogens is 400 g/mol. The van der Waals surface area contributed by atoms with Gasteiger partial charge in [0.1, 0.15) is 15.4 Å². The van der Waals surface area contributed by atoms with Crippen molar-refractivity contribution in [2.45, 2.75) is 12.8 Å². The molecule has 0 amide bonds. The minimum Gasteiger partial charge on any atom is -0.503 e. The lowest BCUT2D eigenvalue weighted by Crippen LogP contribution is -2.59. The van der Waals surface area contributed by atoms with Gasteiger partial charge in [0, 0.05) is 29.6 Å². The number of anilines is 1. The maximum Gasteiger partial charge on any atom is 0.194 e. The van der Waals surface area contributed by atoms with Crippen LogP contribution in [0.25, 0.3) is 16.6 Å². The van der Waals surface area contributed by atoms with E-state index < -0.39 is 27.2 Å². The molecule has 29 heavy (non-hydrogen) atoms. The molecule has 3 aromatic rings. The zero-order valence-electron chi connectivity index (χ0n) is 15.5. The van der Waals surface area contributed by atoms with Gasteiger partial charge in [0.15, 0.2) is 17.4 Å². The summed E-state index contributed by atoms with van der Waals surface area (Å²) in [4.78, 5) is 2.20. The van der Waals surface area contributed by atoms with E-state index in [4.69, 9.17) is 0 Å². The first-order valence-electron chi connectivity index (χ1n) is 9.38. The fraction of sp³-hybridized carbons (Fsp3) is 0.350. The van der Waals surface area contributed by atoms with E-state index in [1.807, 2.05) is 12.1 Å². The Hall–Kier alpha value is -2.68. The van der Waals surface area contributed by atoms with Crippen molar-refractivity contribution in [3.63, 3.8) is 0 Å². The number of rotatable bonds is 2. The van der Waals surface area contributed by atoms with E-state index in [-0.39, 0.29) is 27.8 Å². The highest BCUT2D eigenvalue weighted by atomic mass is 32.2. The summed E-state index contributed by atoms with van der Waals surface area (Å²) in [6, 6.07) is 8.43. The highest BCUT2D eigenvalue weighted by Gasteiger charge is 2.46. The molecule has 0 unspecified atom stereocenters. The Morgan fingerprint density at radius 2 is 1.66 bits per heavy atom. The van der Waals surface area contributed by atoms with Crippen LogP contribution in [0.15, 0.2) is 36.5 Å². The molecule has 6 nitrogen and oxygen atoms in total. The monoisotopic (exact) mass is 419 g/mol. The Morgan fingerprint density at radius 1 is 1.03 bits per heavy atom. The topological polar surface area (TPSA) is 75.4 Å². The first kappa shape index (κ1) is 18.4. The zero-order chi connectivity index (χ0) is 20.4. The van der Waals surface area contributed by atoms with E-state index in [2.05, 4.69) is 10.00 Å². The van der Waals surface area contributed by atoms with Gasteiger partial charge in [-0.1, -0.05) is 0 Å². The maximum absolute atomic E-state index is 14.4. The van der Waals surface area contributed by atoms with Gasteiger partial charge in [-0.2, -0.15) is 5.10 Å². The lowest BCUT2D eigenvalue weighted by Gasteiger charge is -2.53. The number of fused-ring (bicyclic) bond motifs is 1. The molecule has 152 valence electrons. The summed E-state index contributed by atoms with van der Waals surface area (Å²) in [6.07, 6.45) is 2.77. The number of phenols is 1. The van der Waals surface area contributed by atoms with Gasteiger partial charge in [0.2, 0.25) is 0 Å². The number of aromatic nitrogens is 2. The highest BCUT2D eigenvalue weighted by molar-refractivity contribution is 7.91. The van der Waals surface area contributed by atoms with Crippen molar-refractivity contribution in [1.82, 2.24) is 9.78 Å². The van der Waals surface area contributed by atoms with E-state index in [0.717, 1.165) is 24.8 Å². The summed E-state index contributed by atoms with van der Waals surface area (Å²) in [5, 5.41) is 14.0. The minimum atomic E-state index is -2.87. The predicted octanol–water partition coefficient (Wildman–Crippen LogP) is 3.02. The Kier molecular flexibility index (Phi) is 3.90. The molecule has 2 aromatic carbocycles. The molecule has 0 atom stereocenters. The standard InChI is InChI=1S/C20H19F2N3O3S/c21-16-9-13-10-23-25(18(13)17(22)19(16)26)15-3-1-14(2-4-15)24-11-20(12-24)5-7-29(27,28)8-6-20/h1-4,9-10,26H,5-8,11-12H2. The van der Waals surface area contributed by atoms with Crippen LogP contribution in [-0.2, 0) is 9.84 Å². The quantitative estimate of drug-likeness (QED) is 0.691. The van der Waals surface area contributed by atoms with Crippen molar-refractivity contribution >= 4 is 26.4 Å². The fourth-order valence-electron chi connectivity index (χ4n) is 4.34. The SMILES string of the molecule is O=S1(=O)CCC2(CC1)CN(c1ccc(-n3ncc4cc(F)c(O)c(F)c43)cc1)C2. The molecule has 0 aliphatic carbocycles. The van der Waals surface area contributed by atoms with E-state index in [0.29, 0.717) is 18.5 Å². The fourth-order valence-corrected chi connectivity index (χ4v) is 6.03. The van der Waals surface area contributed by atoms with Crippen LogP contribution in [0.4, 0.5) is 14.5 Å². The summed E-state index contributed by atoms with van der Waals surface area (Å²) in [7, 11) is -2.87. The van der Waals surface area contributed by atoms with Gasteiger partial charge >= 0.3 is 0 Å². The number of phenolic OH excluding ortho intramolecular Hbond substituents is 1. The summed E-state index contributed by atoms with van der Waals surface area (Å²) < 4.78 is 52.5. The van der Waals surface area contributed by atoms with Crippen molar-refractivity contribution in [2.75, 3.05) is 29.5 Å². The molecule has 2 aliphatic heterocycles. The number of hydrogen-bond donors (Lipinski definition) is 1. The van der Waals surface area contributed by atoms with Crippen LogP contribution < -0.4 is 4.90 Å². The maximum atomic E-state index is 14.4. The first-order valence-corrected chi connectivity index (χ1v) is 11.2. The molecular formula is C20H19F2N3O3S. The van der Waals surface area contributed by atoms with Crippen molar-refractivity contribution in [3.05, 3.63) is 48.2 Å². The second kappa shape index (κ2) is 6.16. The number of hydrogen-bond acceptors (Lipinski definition) is 5. The zero-order valence-corrected chi connectivity index (χ0v) is 16.3. The van der Waals surface area contributed by atoms with Crippen molar-refractivity contribution in [3.8, 4) is 11.4 Å². The number of sulfone groups is 1. The van der Waals surface area contributed by atoms with Crippen LogP contribution in [-0.4, -0.2) is 47.9 Å². The molecule has 1 aromatic heterocycles. The minimum absolute atomic E-state index is 0.0166. The van der Waals surface area contributed by atoms with Crippen LogP contribution in [0.3, 0.4) is 0 Å². The molecule has 5 rings (SSSR count). The Labute approximate surface area is 166 Å². The Morgan fingerprint density at radius 3 is 2.31 bits per heavy atom. The Bertz CT molecular complexity index is 1200. The average Bonchev–Trinajstić information content (AvgIpc) is 3.09. The van der Waals surface area contributed by atoms with Gasteiger partial charge < -0.3 is 10.0 Å².